The zero-order valence-electron chi connectivity index (χ0n) is 7.29. The molecule has 1 aliphatic heterocycles. The summed E-state index contributed by atoms with van der Waals surface area (Å²) in [4.78, 5) is 11.5. The first kappa shape index (κ1) is 9.09. The number of hydrogen-bond donors (Lipinski definition) is 1. The van der Waals surface area contributed by atoms with Crippen molar-refractivity contribution in [3.05, 3.63) is 41.4 Å². The molecule has 4 heteroatoms. The Morgan fingerprint density at radius 3 is 3.07 bits per heavy atom. The molecule has 0 fully saturated rings. The lowest BCUT2D eigenvalue weighted by atomic mass is 10.1. The van der Waals surface area contributed by atoms with Crippen LogP contribution in [0.2, 0.25) is 5.02 Å². The summed E-state index contributed by atoms with van der Waals surface area (Å²) in [6, 6.07) is 4.93. The van der Waals surface area contributed by atoms with Crippen molar-refractivity contribution in [2.45, 2.75) is 6.23 Å². The van der Waals surface area contributed by atoms with Gasteiger partial charge in [0.25, 0.3) is 5.91 Å². The topological polar surface area (TPSA) is 38.3 Å². The van der Waals surface area contributed by atoms with E-state index >= 15 is 0 Å². The minimum atomic E-state index is -0.462. The van der Waals surface area contributed by atoms with E-state index in [2.05, 4.69) is 11.9 Å². The molecule has 1 aromatic rings. The summed E-state index contributed by atoms with van der Waals surface area (Å²) in [5, 5.41) is 3.13. The Morgan fingerprint density at radius 1 is 1.57 bits per heavy atom. The highest BCUT2D eigenvalue weighted by molar-refractivity contribution is 6.31. The van der Waals surface area contributed by atoms with E-state index < -0.39 is 6.23 Å². The highest BCUT2D eigenvalue weighted by Gasteiger charge is 2.23. The minimum Gasteiger partial charge on any atom is -0.466 e. The number of carbonyl (C=O) groups is 1. The predicted molar refractivity (Wildman–Crippen MR) is 53.5 cm³/mol. The van der Waals surface area contributed by atoms with Gasteiger partial charge in [-0.15, -0.1) is 0 Å². The van der Waals surface area contributed by atoms with Gasteiger partial charge in [0.2, 0.25) is 0 Å². The van der Waals surface area contributed by atoms with Gasteiger partial charge in [0.15, 0.2) is 6.23 Å². The molecule has 0 aromatic heterocycles. The van der Waals surface area contributed by atoms with Crippen molar-refractivity contribution < 1.29 is 9.53 Å². The van der Waals surface area contributed by atoms with E-state index in [0.29, 0.717) is 16.3 Å². The molecule has 0 radical (unpaired) electrons. The number of amides is 1. The number of benzene rings is 1. The van der Waals surface area contributed by atoms with E-state index in [0.717, 1.165) is 0 Å². The van der Waals surface area contributed by atoms with Crippen LogP contribution in [0.15, 0.2) is 30.9 Å². The third-order valence-corrected chi connectivity index (χ3v) is 2.16. The van der Waals surface area contributed by atoms with Gasteiger partial charge < -0.3 is 10.1 Å². The first-order valence-electron chi connectivity index (χ1n) is 4.10. The van der Waals surface area contributed by atoms with Gasteiger partial charge in [0.05, 0.1) is 5.56 Å². The van der Waals surface area contributed by atoms with E-state index in [1.54, 1.807) is 18.2 Å². The van der Waals surface area contributed by atoms with Gasteiger partial charge in [-0.25, -0.2) is 0 Å². The van der Waals surface area contributed by atoms with Gasteiger partial charge in [0.1, 0.15) is 5.75 Å². The standard InChI is InChI=1S/C10H8ClNO2/c1-2-9-12-10(13)7-5-6(11)3-4-8(7)14-9/h2-5,9H,1H2,(H,12,13). The van der Waals surface area contributed by atoms with Crippen LogP contribution in [0.3, 0.4) is 0 Å². The van der Waals surface area contributed by atoms with Crippen LogP contribution in [-0.4, -0.2) is 12.1 Å². The van der Waals surface area contributed by atoms with Crippen molar-refractivity contribution in [1.82, 2.24) is 5.32 Å². The van der Waals surface area contributed by atoms with Crippen LogP contribution in [-0.2, 0) is 0 Å². The van der Waals surface area contributed by atoms with Gasteiger partial charge >= 0.3 is 0 Å². The molecule has 0 saturated carbocycles. The Bertz CT molecular complexity index is 403. The smallest absolute Gasteiger partial charge is 0.258 e. The second-order valence-corrected chi connectivity index (χ2v) is 3.32. The number of rotatable bonds is 1. The first-order chi connectivity index (χ1) is 6.70. The minimum absolute atomic E-state index is 0.196. The fraction of sp³-hybridized carbons (Fsp3) is 0.100. The second kappa shape index (κ2) is 3.35. The summed E-state index contributed by atoms with van der Waals surface area (Å²) >= 11 is 5.76. The number of halogens is 1. The van der Waals surface area contributed by atoms with Gasteiger partial charge in [-0.2, -0.15) is 0 Å². The molecule has 1 atom stereocenters. The highest BCUT2D eigenvalue weighted by atomic mass is 35.5. The zero-order valence-corrected chi connectivity index (χ0v) is 8.04. The lowest BCUT2D eigenvalue weighted by Gasteiger charge is -2.24. The Morgan fingerprint density at radius 2 is 2.36 bits per heavy atom. The number of nitrogens with one attached hydrogen (secondary N) is 1. The van der Waals surface area contributed by atoms with Crippen LogP contribution in [0.5, 0.6) is 5.75 Å². The molecule has 0 saturated heterocycles. The van der Waals surface area contributed by atoms with E-state index in [1.165, 1.54) is 6.08 Å². The number of carbonyl (C=O) groups excluding carboxylic acids is 1. The van der Waals surface area contributed by atoms with Crippen molar-refractivity contribution in [3.8, 4) is 5.75 Å². The van der Waals surface area contributed by atoms with Crippen LogP contribution >= 0.6 is 11.6 Å². The molecule has 0 aliphatic carbocycles. The van der Waals surface area contributed by atoms with Crippen molar-refractivity contribution in [2.75, 3.05) is 0 Å². The van der Waals surface area contributed by atoms with Crippen LogP contribution in [0.1, 0.15) is 10.4 Å². The third kappa shape index (κ3) is 1.46. The summed E-state index contributed by atoms with van der Waals surface area (Å²) < 4.78 is 5.40. The normalized spacial score (nSPS) is 19.2. The quantitative estimate of drug-likeness (QED) is 0.719. The average molecular weight is 210 g/mol. The maximum absolute atomic E-state index is 11.5. The maximum Gasteiger partial charge on any atom is 0.258 e. The molecule has 2 rings (SSSR count). The lowest BCUT2D eigenvalue weighted by Crippen LogP contribution is -2.41. The predicted octanol–water partition coefficient (Wildman–Crippen LogP) is 1.97. The molecule has 3 nitrogen and oxygen atoms in total. The molecule has 1 aromatic carbocycles. The summed E-state index contributed by atoms with van der Waals surface area (Å²) in [5.41, 5.74) is 0.454. The molecular formula is C10H8ClNO2. The van der Waals surface area contributed by atoms with Gasteiger partial charge in [-0.05, 0) is 24.3 Å². The van der Waals surface area contributed by atoms with Crippen molar-refractivity contribution in [2.24, 2.45) is 0 Å². The Labute approximate surface area is 86.3 Å². The van der Waals surface area contributed by atoms with E-state index in [1.807, 2.05) is 0 Å². The Kier molecular flexibility index (Phi) is 2.17. The Hall–Kier alpha value is -1.48. The van der Waals surface area contributed by atoms with Crippen LogP contribution < -0.4 is 10.1 Å². The number of hydrogen-bond acceptors (Lipinski definition) is 2. The third-order valence-electron chi connectivity index (χ3n) is 1.93. The maximum atomic E-state index is 11.5. The molecule has 14 heavy (non-hydrogen) atoms. The lowest BCUT2D eigenvalue weighted by molar-refractivity contribution is 0.0823. The van der Waals surface area contributed by atoms with Crippen molar-refractivity contribution in [3.63, 3.8) is 0 Å². The fourth-order valence-corrected chi connectivity index (χ4v) is 1.43. The largest absolute Gasteiger partial charge is 0.466 e. The summed E-state index contributed by atoms with van der Waals surface area (Å²) in [6.07, 6.45) is 1.06. The molecular weight excluding hydrogens is 202 g/mol. The molecule has 1 amide bonds. The van der Waals surface area contributed by atoms with Gasteiger partial charge in [-0.1, -0.05) is 18.2 Å². The molecule has 1 heterocycles. The molecule has 72 valence electrons. The Balaban J connectivity index is 2.44. The average Bonchev–Trinajstić information content (AvgIpc) is 2.19. The van der Waals surface area contributed by atoms with Gasteiger partial charge in [0, 0.05) is 5.02 Å². The van der Waals surface area contributed by atoms with Crippen molar-refractivity contribution >= 4 is 17.5 Å². The molecule has 1 unspecified atom stereocenters. The summed E-state index contributed by atoms with van der Waals surface area (Å²) in [6.45, 7) is 3.54. The highest BCUT2D eigenvalue weighted by Crippen LogP contribution is 2.26. The first-order valence-corrected chi connectivity index (χ1v) is 4.48. The molecule has 0 spiro atoms. The monoisotopic (exact) mass is 209 g/mol. The van der Waals surface area contributed by atoms with E-state index in [-0.39, 0.29) is 5.91 Å². The second-order valence-electron chi connectivity index (χ2n) is 2.89. The number of fused-ring (bicyclic) bond motifs is 1. The molecule has 1 N–H and O–H groups in total. The van der Waals surface area contributed by atoms with E-state index in [9.17, 15) is 4.79 Å². The van der Waals surface area contributed by atoms with Crippen LogP contribution in [0.4, 0.5) is 0 Å². The van der Waals surface area contributed by atoms with Crippen LogP contribution in [0.25, 0.3) is 0 Å². The van der Waals surface area contributed by atoms with Crippen molar-refractivity contribution in [1.29, 1.82) is 0 Å². The molecule has 0 bridgehead atoms. The zero-order chi connectivity index (χ0) is 10.1. The number of ether oxygens (including phenoxy) is 1. The van der Waals surface area contributed by atoms with Crippen LogP contribution in [0, 0.1) is 0 Å². The van der Waals surface area contributed by atoms with E-state index in [4.69, 9.17) is 16.3 Å². The van der Waals surface area contributed by atoms with Gasteiger partial charge in [-0.3, -0.25) is 4.79 Å². The SMILES string of the molecule is C=CC1NC(=O)c2cc(Cl)ccc2O1. The summed E-state index contributed by atoms with van der Waals surface area (Å²) in [7, 11) is 0. The fourth-order valence-electron chi connectivity index (χ4n) is 1.26. The molecule has 1 aliphatic rings. The summed E-state index contributed by atoms with van der Waals surface area (Å²) in [5.74, 6) is 0.335.